The standard InChI is InChI=1S/C9H12O5/c10-8(11)6-7(14-6)9(12)13-5-3-1-2-4-5/h5-7H,1-4H2,(H,10,11). The highest BCUT2D eigenvalue weighted by Crippen LogP contribution is 2.27. The molecule has 1 aliphatic heterocycles. The smallest absolute Gasteiger partial charge is 0.338 e. The fourth-order valence-electron chi connectivity index (χ4n) is 1.72. The van der Waals surface area contributed by atoms with Crippen LogP contribution in [0.3, 0.4) is 0 Å². The third kappa shape index (κ3) is 1.87. The second-order valence-corrected chi connectivity index (χ2v) is 3.66. The minimum absolute atomic E-state index is 0.0267. The molecule has 2 rings (SSSR count). The maximum atomic E-state index is 11.3. The number of carbonyl (C=O) groups excluding carboxylic acids is 1. The Labute approximate surface area is 81.0 Å². The van der Waals surface area contributed by atoms with Crippen LogP contribution in [0.2, 0.25) is 0 Å². The lowest BCUT2D eigenvalue weighted by Gasteiger charge is -2.09. The number of carbonyl (C=O) groups is 2. The van der Waals surface area contributed by atoms with Gasteiger partial charge < -0.3 is 14.6 Å². The largest absolute Gasteiger partial charge is 0.479 e. The van der Waals surface area contributed by atoms with Crippen molar-refractivity contribution in [3.8, 4) is 0 Å². The highest BCUT2D eigenvalue weighted by molar-refractivity contribution is 5.89. The summed E-state index contributed by atoms with van der Waals surface area (Å²) in [4.78, 5) is 21.6. The zero-order chi connectivity index (χ0) is 10.1. The topological polar surface area (TPSA) is 76.1 Å². The summed E-state index contributed by atoms with van der Waals surface area (Å²) in [5.74, 6) is -1.62. The lowest BCUT2D eigenvalue weighted by atomic mass is 10.3. The van der Waals surface area contributed by atoms with E-state index in [0.717, 1.165) is 25.7 Å². The molecule has 5 nitrogen and oxygen atoms in total. The Bertz CT molecular complexity index is 256. The molecule has 0 aromatic carbocycles. The number of carboxylic acid groups (broad SMARTS) is 1. The van der Waals surface area contributed by atoms with Crippen LogP contribution in [0, 0.1) is 0 Å². The van der Waals surface area contributed by atoms with Crippen LogP contribution in [0.15, 0.2) is 0 Å². The minimum Gasteiger partial charge on any atom is -0.479 e. The summed E-state index contributed by atoms with van der Waals surface area (Å²) in [6.07, 6.45) is 2.04. The van der Waals surface area contributed by atoms with Gasteiger partial charge in [-0.05, 0) is 25.7 Å². The Balaban J connectivity index is 1.77. The van der Waals surface area contributed by atoms with Crippen molar-refractivity contribution in [2.75, 3.05) is 0 Å². The van der Waals surface area contributed by atoms with Crippen molar-refractivity contribution in [1.82, 2.24) is 0 Å². The maximum Gasteiger partial charge on any atom is 0.338 e. The zero-order valence-corrected chi connectivity index (χ0v) is 7.64. The predicted molar refractivity (Wildman–Crippen MR) is 44.6 cm³/mol. The van der Waals surface area contributed by atoms with E-state index >= 15 is 0 Å². The Kier molecular flexibility index (Phi) is 2.41. The number of hydrogen-bond donors (Lipinski definition) is 1. The Morgan fingerprint density at radius 1 is 1.21 bits per heavy atom. The van der Waals surface area contributed by atoms with Gasteiger partial charge in [-0.2, -0.15) is 0 Å². The van der Waals surface area contributed by atoms with Gasteiger partial charge in [0.15, 0.2) is 12.2 Å². The van der Waals surface area contributed by atoms with Crippen LogP contribution in [-0.4, -0.2) is 35.4 Å². The van der Waals surface area contributed by atoms with Crippen LogP contribution >= 0.6 is 0 Å². The summed E-state index contributed by atoms with van der Waals surface area (Å²) in [5, 5.41) is 8.50. The van der Waals surface area contributed by atoms with Crippen molar-refractivity contribution < 1.29 is 24.2 Å². The van der Waals surface area contributed by atoms with Gasteiger partial charge in [0.1, 0.15) is 6.10 Å². The fourth-order valence-corrected chi connectivity index (χ4v) is 1.72. The maximum absolute atomic E-state index is 11.3. The average molecular weight is 200 g/mol. The summed E-state index contributed by atoms with van der Waals surface area (Å²) >= 11 is 0. The normalized spacial score (nSPS) is 31.4. The molecule has 2 atom stereocenters. The molecular weight excluding hydrogens is 188 g/mol. The lowest BCUT2D eigenvalue weighted by Crippen LogP contribution is -2.22. The molecule has 0 amide bonds. The molecule has 1 aliphatic carbocycles. The molecule has 0 spiro atoms. The first-order chi connectivity index (χ1) is 6.68. The third-order valence-corrected chi connectivity index (χ3v) is 2.55. The van der Waals surface area contributed by atoms with E-state index in [1.165, 1.54) is 0 Å². The second-order valence-electron chi connectivity index (χ2n) is 3.66. The van der Waals surface area contributed by atoms with E-state index in [0.29, 0.717) is 0 Å². The van der Waals surface area contributed by atoms with Crippen LogP contribution in [-0.2, 0) is 19.1 Å². The molecule has 0 aromatic rings. The Hall–Kier alpha value is -1.10. The quantitative estimate of drug-likeness (QED) is 0.524. The van der Waals surface area contributed by atoms with Crippen LogP contribution in [0.1, 0.15) is 25.7 Å². The van der Waals surface area contributed by atoms with E-state index < -0.39 is 24.1 Å². The number of rotatable bonds is 3. The molecular formula is C9H12O5. The average Bonchev–Trinajstić information content (AvgIpc) is 2.80. The Morgan fingerprint density at radius 2 is 1.86 bits per heavy atom. The summed E-state index contributed by atoms with van der Waals surface area (Å²) in [6, 6.07) is 0. The number of ether oxygens (including phenoxy) is 2. The molecule has 1 N–H and O–H groups in total. The van der Waals surface area contributed by atoms with E-state index in [-0.39, 0.29) is 6.10 Å². The molecule has 1 heterocycles. The zero-order valence-electron chi connectivity index (χ0n) is 7.64. The molecule has 5 heteroatoms. The third-order valence-electron chi connectivity index (χ3n) is 2.55. The van der Waals surface area contributed by atoms with Crippen LogP contribution in [0.5, 0.6) is 0 Å². The van der Waals surface area contributed by atoms with E-state index in [9.17, 15) is 9.59 Å². The molecule has 2 fully saturated rings. The molecule has 78 valence electrons. The van der Waals surface area contributed by atoms with E-state index in [1.807, 2.05) is 0 Å². The van der Waals surface area contributed by atoms with Crippen molar-refractivity contribution in [3.05, 3.63) is 0 Å². The molecule has 1 saturated heterocycles. The summed E-state index contributed by atoms with van der Waals surface area (Å²) < 4.78 is 9.76. The fraction of sp³-hybridized carbons (Fsp3) is 0.778. The molecule has 2 aliphatic rings. The van der Waals surface area contributed by atoms with Gasteiger partial charge in [-0.15, -0.1) is 0 Å². The van der Waals surface area contributed by atoms with Gasteiger partial charge in [0, 0.05) is 0 Å². The minimum atomic E-state index is -1.10. The first kappa shape index (κ1) is 9.45. The lowest BCUT2D eigenvalue weighted by molar-refractivity contribution is -0.150. The van der Waals surface area contributed by atoms with Crippen molar-refractivity contribution >= 4 is 11.9 Å². The number of aliphatic carboxylic acids is 1. The van der Waals surface area contributed by atoms with E-state index in [4.69, 9.17) is 9.84 Å². The summed E-state index contributed by atoms with van der Waals surface area (Å²) in [6.45, 7) is 0. The summed E-state index contributed by atoms with van der Waals surface area (Å²) in [5.41, 5.74) is 0. The van der Waals surface area contributed by atoms with Crippen molar-refractivity contribution in [1.29, 1.82) is 0 Å². The van der Waals surface area contributed by atoms with Crippen molar-refractivity contribution in [3.63, 3.8) is 0 Å². The number of carboxylic acids is 1. The number of hydrogen-bond acceptors (Lipinski definition) is 4. The van der Waals surface area contributed by atoms with Gasteiger partial charge >= 0.3 is 11.9 Å². The second kappa shape index (κ2) is 3.57. The van der Waals surface area contributed by atoms with Crippen LogP contribution in [0.4, 0.5) is 0 Å². The SMILES string of the molecule is O=C(O)C1OC1C(=O)OC1CCCC1. The van der Waals surface area contributed by atoms with Crippen molar-refractivity contribution in [2.45, 2.75) is 44.0 Å². The van der Waals surface area contributed by atoms with Crippen LogP contribution < -0.4 is 0 Å². The van der Waals surface area contributed by atoms with Crippen molar-refractivity contribution in [2.24, 2.45) is 0 Å². The molecule has 0 bridgehead atoms. The van der Waals surface area contributed by atoms with Gasteiger partial charge in [-0.25, -0.2) is 9.59 Å². The summed E-state index contributed by atoms with van der Waals surface area (Å²) in [7, 11) is 0. The first-order valence-electron chi connectivity index (χ1n) is 4.77. The van der Waals surface area contributed by atoms with Gasteiger partial charge in [0.25, 0.3) is 0 Å². The molecule has 0 aromatic heterocycles. The molecule has 1 saturated carbocycles. The van der Waals surface area contributed by atoms with E-state index in [2.05, 4.69) is 4.74 Å². The molecule has 0 radical (unpaired) electrons. The number of epoxide rings is 1. The molecule has 2 unspecified atom stereocenters. The van der Waals surface area contributed by atoms with Gasteiger partial charge in [-0.3, -0.25) is 0 Å². The monoisotopic (exact) mass is 200 g/mol. The van der Waals surface area contributed by atoms with Gasteiger partial charge in [0.2, 0.25) is 0 Å². The van der Waals surface area contributed by atoms with Gasteiger partial charge in [0.05, 0.1) is 0 Å². The number of esters is 1. The van der Waals surface area contributed by atoms with E-state index in [1.54, 1.807) is 0 Å². The molecule has 14 heavy (non-hydrogen) atoms. The Morgan fingerprint density at radius 3 is 2.36 bits per heavy atom. The van der Waals surface area contributed by atoms with Crippen LogP contribution in [0.25, 0.3) is 0 Å². The highest BCUT2D eigenvalue weighted by Gasteiger charge is 2.52. The van der Waals surface area contributed by atoms with Gasteiger partial charge in [-0.1, -0.05) is 0 Å². The highest BCUT2D eigenvalue weighted by atomic mass is 16.7. The first-order valence-corrected chi connectivity index (χ1v) is 4.77. The predicted octanol–water partition coefficient (Wildman–Crippen LogP) is 0.324.